The van der Waals surface area contributed by atoms with E-state index in [2.05, 4.69) is 5.32 Å². The smallest absolute Gasteiger partial charge is 0.272 e. The van der Waals surface area contributed by atoms with Gasteiger partial charge in [0.15, 0.2) is 0 Å². The molecule has 4 rings (SSSR count). The fourth-order valence-corrected chi connectivity index (χ4v) is 4.77. The highest BCUT2D eigenvalue weighted by molar-refractivity contribution is 7.99. The number of hydrogen-bond donors (Lipinski definition) is 1. The van der Waals surface area contributed by atoms with Gasteiger partial charge in [0.05, 0.1) is 16.2 Å². The standard InChI is InChI=1S/C24H21N3O4S/c1-3-12-26-20-11-9-17(14-22(20)32-21-7-5-4-6-18(21)24(26)29)25-23(28)16-8-10-19(27(30)31)15(2)13-16/h4-11,13-14H,3,12H2,1-2H3,(H,25,28). The van der Waals surface area contributed by atoms with Gasteiger partial charge in [0.2, 0.25) is 0 Å². The molecule has 0 fully saturated rings. The number of nitro groups is 1. The summed E-state index contributed by atoms with van der Waals surface area (Å²) in [6, 6.07) is 17.3. The zero-order chi connectivity index (χ0) is 22.8. The number of nitrogens with zero attached hydrogens (tertiary/aromatic N) is 2. The molecule has 3 aromatic carbocycles. The van der Waals surface area contributed by atoms with E-state index < -0.39 is 4.92 Å². The molecule has 0 saturated heterocycles. The average Bonchev–Trinajstić information content (AvgIpc) is 2.88. The van der Waals surface area contributed by atoms with Crippen molar-refractivity contribution < 1.29 is 14.5 Å². The van der Waals surface area contributed by atoms with Crippen LogP contribution in [-0.2, 0) is 0 Å². The molecule has 0 bridgehead atoms. The van der Waals surface area contributed by atoms with Crippen LogP contribution in [0.25, 0.3) is 0 Å². The van der Waals surface area contributed by atoms with E-state index in [1.807, 2.05) is 43.3 Å². The highest BCUT2D eigenvalue weighted by Gasteiger charge is 2.27. The Hall–Kier alpha value is -3.65. The number of nitrogens with one attached hydrogen (secondary N) is 1. The molecule has 0 spiro atoms. The number of carbonyl (C=O) groups is 2. The molecule has 2 amide bonds. The molecule has 0 saturated carbocycles. The first kappa shape index (κ1) is 21.6. The summed E-state index contributed by atoms with van der Waals surface area (Å²) in [5.41, 5.74) is 2.79. The average molecular weight is 448 g/mol. The van der Waals surface area contributed by atoms with E-state index in [1.165, 1.54) is 30.0 Å². The lowest BCUT2D eigenvalue weighted by molar-refractivity contribution is -0.385. The van der Waals surface area contributed by atoms with Gasteiger partial charge in [0.1, 0.15) is 0 Å². The van der Waals surface area contributed by atoms with Crippen LogP contribution in [0, 0.1) is 17.0 Å². The molecule has 8 heteroatoms. The van der Waals surface area contributed by atoms with Crippen LogP contribution in [0.4, 0.5) is 17.1 Å². The van der Waals surface area contributed by atoms with Crippen molar-refractivity contribution >= 4 is 40.6 Å². The maximum atomic E-state index is 13.1. The molecule has 7 nitrogen and oxygen atoms in total. The van der Waals surface area contributed by atoms with Crippen LogP contribution in [0.2, 0.25) is 0 Å². The van der Waals surface area contributed by atoms with Crippen molar-refractivity contribution in [3.8, 4) is 0 Å². The number of hydrogen-bond acceptors (Lipinski definition) is 5. The molecule has 0 radical (unpaired) electrons. The second kappa shape index (κ2) is 8.84. The molecule has 0 aromatic heterocycles. The molecule has 0 atom stereocenters. The monoisotopic (exact) mass is 447 g/mol. The second-order valence-electron chi connectivity index (χ2n) is 7.45. The minimum Gasteiger partial charge on any atom is -0.322 e. The molecular formula is C24H21N3O4S. The predicted molar refractivity (Wildman–Crippen MR) is 125 cm³/mol. The Morgan fingerprint density at radius 2 is 1.88 bits per heavy atom. The Bertz CT molecular complexity index is 1240. The molecule has 1 aliphatic heterocycles. The molecule has 1 aliphatic rings. The number of aryl methyl sites for hydroxylation is 1. The Morgan fingerprint density at radius 3 is 2.59 bits per heavy atom. The SMILES string of the molecule is CCCN1C(=O)c2ccccc2Sc2cc(NC(=O)c3ccc([N+](=O)[O-])c(C)c3)ccc21. The van der Waals surface area contributed by atoms with E-state index in [4.69, 9.17) is 0 Å². The summed E-state index contributed by atoms with van der Waals surface area (Å²) in [6.45, 7) is 4.22. The van der Waals surface area contributed by atoms with E-state index in [-0.39, 0.29) is 17.5 Å². The van der Waals surface area contributed by atoms with Gasteiger partial charge in [-0.1, -0.05) is 30.8 Å². The zero-order valence-corrected chi connectivity index (χ0v) is 18.4. The van der Waals surface area contributed by atoms with E-state index in [0.29, 0.717) is 28.9 Å². The maximum Gasteiger partial charge on any atom is 0.272 e. The van der Waals surface area contributed by atoms with Crippen molar-refractivity contribution in [2.75, 3.05) is 16.8 Å². The summed E-state index contributed by atoms with van der Waals surface area (Å²) in [6.07, 6.45) is 0.815. The summed E-state index contributed by atoms with van der Waals surface area (Å²) in [4.78, 5) is 39.9. The van der Waals surface area contributed by atoms with Gasteiger partial charge in [-0.3, -0.25) is 19.7 Å². The largest absolute Gasteiger partial charge is 0.322 e. The van der Waals surface area contributed by atoms with E-state index in [1.54, 1.807) is 17.9 Å². The van der Waals surface area contributed by atoms with Crippen molar-refractivity contribution in [3.05, 3.63) is 87.5 Å². The maximum absolute atomic E-state index is 13.1. The molecule has 1 N–H and O–H groups in total. The van der Waals surface area contributed by atoms with Gasteiger partial charge < -0.3 is 10.2 Å². The van der Waals surface area contributed by atoms with E-state index >= 15 is 0 Å². The lowest BCUT2D eigenvalue weighted by Crippen LogP contribution is -2.31. The van der Waals surface area contributed by atoms with Crippen LogP contribution in [-0.4, -0.2) is 23.3 Å². The number of anilines is 2. The third-order valence-electron chi connectivity index (χ3n) is 5.19. The topological polar surface area (TPSA) is 92.6 Å². The number of carbonyl (C=O) groups excluding carboxylic acids is 2. The zero-order valence-electron chi connectivity index (χ0n) is 17.6. The normalized spacial score (nSPS) is 12.6. The van der Waals surface area contributed by atoms with Crippen LogP contribution in [0.3, 0.4) is 0 Å². The molecule has 1 heterocycles. The summed E-state index contributed by atoms with van der Waals surface area (Å²) in [5.74, 6) is -0.393. The van der Waals surface area contributed by atoms with Crippen LogP contribution in [0.5, 0.6) is 0 Å². The molecule has 0 unspecified atom stereocenters. The van der Waals surface area contributed by atoms with Crippen molar-refractivity contribution in [2.24, 2.45) is 0 Å². The quantitative estimate of drug-likeness (QED) is 0.401. The molecule has 0 aliphatic carbocycles. The fourth-order valence-electron chi connectivity index (χ4n) is 3.65. The molecular weight excluding hydrogens is 426 g/mol. The van der Waals surface area contributed by atoms with Crippen molar-refractivity contribution in [1.82, 2.24) is 0 Å². The van der Waals surface area contributed by atoms with Crippen molar-refractivity contribution in [2.45, 2.75) is 30.1 Å². The van der Waals surface area contributed by atoms with Crippen molar-refractivity contribution in [1.29, 1.82) is 0 Å². The molecule has 3 aromatic rings. The first-order valence-electron chi connectivity index (χ1n) is 10.2. The highest BCUT2D eigenvalue weighted by atomic mass is 32.2. The lowest BCUT2D eigenvalue weighted by atomic mass is 10.1. The summed E-state index contributed by atoms with van der Waals surface area (Å²) < 4.78 is 0. The number of benzene rings is 3. The van der Waals surface area contributed by atoms with E-state index in [0.717, 1.165) is 21.9 Å². The summed E-state index contributed by atoms with van der Waals surface area (Å²) >= 11 is 1.49. The van der Waals surface area contributed by atoms with Gasteiger partial charge in [0, 0.05) is 39.2 Å². The number of nitro benzene ring substituents is 1. The van der Waals surface area contributed by atoms with Gasteiger partial charge >= 0.3 is 0 Å². The third kappa shape index (κ3) is 4.09. The minimum absolute atomic E-state index is 0.0256. The van der Waals surface area contributed by atoms with Crippen LogP contribution >= 0.6 is 11.8 Å². The van der Waals surface area contributed by atoms with Gasteiger partial charge in [-0.25, -0.2) is 0 Å². The number of fused-ring (bicyclic) bond motifs is 2. The van der Waals surface area contributed by atoms with Gasteiger partial charge in [-0.2, -0.15) is 0 Å². The van der Waals surface area contributed by atoms with Gasteiger partial charge in [-0.05, 0) is 55.8 Å². The van der Waals surface area contributed by atoms with Gasteiger partial charge in [0.25, 0.3) is 17.5 Å². The van der Waals surface area contributed by atoms with Crippen LogP contribution in [0.15, 0.2) is 70.5 Å². The van der Waals surface area contributed by atoms with Crippen molar-refractivity contribution in [3.63, 3.8) is 0 Å². The lowest BCUT2D eigenvalue weighted by Gasteiger charge is -2.22. The Balaban J connectivity index is 1.66. The van der Waals surface area contributed by atoms with Crippen LogP contribution < -0.4 is 10.2 Å². The van der Waals surface area contributed by atoms with E-state index in [9.17, 15) is 19.7 Å². The first-order valence-corrected chi connectivity index (χ1v) is 11.0. The Kier molecular flexibility index (Phi) is 5.96. The highest BCUT2D eigenvalue weighted by Crippen LogP contribution is 2.42. The Morgan fingerprint density at radius 1 is 1.09 bits per heavy atom. The Labute approximate surface area is 189 Å². The first-order chi connectivity index (χ1) is 15.4. The predicted octanol–water partition coefficient (Wildman–Crippen LogP) is 5.68. The summed E-state index contributed by atoms with van der Waals surface area (Å²) in [5, 5.41) is 13.9. The molecule has 32 heavy (non-hydrogen) atoms. The molecule has 162 valence electrons. The minimum atomic E-state index is -0.470. The number of rotatable bonds is 5. The summed E-state index contributed by atoms with van der Waals surface area (Å²) in [7, 11) is 0. The third-order valence-corrected chi connectivity index (χ3v) is 6.32. The fraction of sp³-hybridized carbons (Fsp3) is 0.167. The number of amides is 2. The van der Waals surface area contributed by atoms with Gasteiger partial charge in [-0.15, -0.1) is 0 Å². The second-order valence-corrected chi connectivity index (χ2v) is 8.53. The van der Waals surface area contributed by atoms with Crippen LogP contribution in [0.1, 0.15) is 39.6 Å².